The number of carbonyl (C=O) groups is 1. The van der Waals surface area contributed by atoms with E-state index in [-0.39, 0.29) is 11.9 Å². The van der Waals surface area contributed by atoms with E-state index in [4.69, 9.17) is 0 Å². The lowest BCUT2D eigenvalue weighted by Gasteiger charge is -2.15. The highest BCUT2D eigenvalue weighted by atomic mass is 32.1. The van der Waals surface area contributed by atoms with Gasteiger partial charge in [-0.3, -0.25) is 4.79 Å². The topological polar surface area (TPSA) is 29.1 Å². The van der Waals surface area contributed by atoms with E-state index in [1.165, 1.54) is 10.8 Å². The molecule has 1 heterocycles. The lowest BCUT2D eigenvalue weighted by atomic mass is 10.00. The molecule has 0 aliphatic carbocycles. The number of benzene rings is 2. The van der Waals surface area contributed by atoms with Crippen LogP contribution >= 0.6 is 11.3 Å². The van der Waals surface area contributed by atoms with Gasteiger partial charge in [-0.2, -0.15) is 0 Å². The average Bonchev–Trinajstić information content (AvgIpc) is 3.06. The predicted octanol–water partition coefficient (Wildman–Crippen LogP) is 4.79. The van der Waals surface area contributed by atoms with E-state index in [1.807, 2.05) is 48.7 Å². The Morgan fingerprint density at radius 2 is 1.91 bits per heavy atom. The molecule has 0 saturated heterocycles. The van der Waals surface area contributed by atoms with Crippen molar-refractivity contribution >= 4 is 34.1 Å². The molecular formula is C19H17NOS. The highest BCUT2D eigenvalue weighted by molar-refractivity contribution is 7.10. The highest BCUT2D eigenvalue weighted by Crippen LogP contribution is 2.24. The number of fused-ring (bicyclic) bond motifs is 1. The Morgan fingerprint density at radius 1 is 1.09 bits per heavy atom. The van der Waals surface area contributed by atoms with Crippen LogP contribution in [0.15, 0.2) is 66.1 Å². The highest BCUT2D eigenvalue weighted by Gasteiger charge is 2.10. The number of thiophene rings is 1. The third-order valence-corrected chi connectivity index (χ3v) is 4.43. The van der Waals surface area contributed by atoms with E-state index in [2.05, 4.69) is 29.6 Å². The summed E-state index contributed by atoms with van der Waals surface area (Å²) in [5.41, 5.74) is 1.14. The van der Waals surface area contributed by atoms with Crippen molar-refractivity contribution in [2.45, 2.75) is 13.0 Å². The van der Waals surface area contributed by atoms with Gasteiger partial charge in [-0.05, 0) is 40.8 Å². The van der Waals surface area contributed by atoms with E-state index < -0.39 is 0 Å². The molecule has 1 aromatic heterocycles. The van der Waals surface area contributed by atoms with Crippen molar-refractivity contribution in [3.63, 3.8) is 0 Å². The van der Waals surface area contributed by atoms with E-state index >= 15 is 0 Å². The predicted molar refractivity (Wildman–Crippen MR) is 93.9 cm³/mol. The molecule has 0 radical (unpaired) electrons. The molecule has 3 heteroatoms. The van der Waals surface area contributed by atoms with Crippen LogP contribution in [0.2, 0.25) is 0 Å². The molecule has 1 amide bonds. The van der Waals surface area contributed by atoms with Crippen LogP contribution in [0.1, 0.15) is 23.4 Å². The second-order valence-corrected chi connectivity index (χ2v) is 6.13. The Morgan fingerprint density at radius 3 is 2.73 bits per heavy atom. The van der Waals surface area contributed by atoms with E-state index in [1.54, 1.807) is 17.4 Å². The third-order valence-electron chi connectivity index (χ3n) is 3.59. The summed E-state index contributed by atoms with van der Waals surface area (Å²) >= 11 is 1.62. The first-order valence-corrected chi connectivity index (χ1v) is 8.12. The minimum Gasteiger partial charge on any atom is -0.346 e. The molecule has 3 aromatic rings. The molecule has 0 aliphatic rings. The SMILES string of the molecule is CC(NC(=O)/C=C/c1cccs1)c1cccc2ccccc12. The molecule has 2 aromatic carbocycles. The van der Waals surface area contributed by atoms with Crippen LogP contribution in [-0.4, -0.2) is 5.91 Å². The Labute approximate surface area is 134 Å². The average molecular weight is 307 g/mol. The quantitative estimate of drug-likeness (QED) is 0.690. The lowest BCUT2D eigenvalue weighted by molar-refractivity contribution is -0.117. The van der Waals surface area contributed by atoms with Gasteiger partial charge in [0, 0.05) is 11.0 Å². The van der Waals surface area contributed by atoms with Gasteiger partial charge in [0.05, 0.1) is 6.04 Å². The first-order chi connectivity index (χ1) is 10.7. The Bertz CT molecular complexity index is 800. The number of nitrogens with one attached hydrogen (secondary N) is 1. The minimum atomic E-state index is -0.0752. The van der Waals surface area contributed by atoms with Gasteiger partial charge >= 0.3 is 0 Å². The number of rotatable bonds is 4. The zero-order valence-electron chi connectivity index (χ0n) is 12.3. The largest absolute Gasteiger partial charge is 0.346 e. The fraction of sp³-hybridized carbons (Fsp3) is 0.105. The van der Waals surface area contributed by atoms with Gasteiger partial charge in [-0.1, -0.05) is 48.5 Å². The molecule has 0 spiro atoms. The Balaban J connectivity index is 1.76. The Hall–Kier alpha value is -2.39. The zero-order valence-corrected chi connectivity index (χ0v) is 13.1. The summed E-state index contributed by atoms with van der Waals surface area (Å²) in [6.07, 6.45) is 3.43. The molecule has 0 bridgehead atoms. The van der Waals surface area contributed by atoms with Gasteiger partial charge in [0.1, 0.15) is 0 Å². The van der Waals surface area contributed by atoms with E-state index in [0.717, 1.165) is 10.4 Å². The molecule has 110 valence electrons. The normalized spacial score (nSPS) is 12.6. The zero-order chi connectivity index (χ0) is 15.4. The van der Waals surface area contributed by atoms with Crippen molar-refractivity contribution in [3.8, 4) is 0 Å². The summed E-state index contributed by atoms with van der Waals surface area (Å²) in [5, 5.41) is 7.40. The molecule has 3 rings (SSSR count). The van der Waals surface area contributed by atoms with Crippen molar-refractivity contribution in [3.05, 3.63) is 76.5 Å². The summed E-state index contributed by atoms with van der Waals surface area (Å²) in [6.45, 7) is 2.01. The van der Waals surface area contributed by atoms with Crippen LogP contribution in [0, 0.1) is 0 Å². The summed E-state index contributed by atoms with van der Waals surface area (Å²) < 4.78 is 0. The van der Waals surface area contributed by atoms with Gasteiger partial charge in [0.25, 0.3) is 0 Å². The second kappa shape index (κ2) is 6.58. The molecule has 1 N–H and O–H groups in total. The fourth-order valence-electron chi connectivity index (χ4n) is 2.51. The lowest BCUT2D eigenvalue weighted by Crippen LogP contribution is -2.24. The van der Waals surface area contributed by atoms with Crippen LogP contribution in [0.25, 0.3) is 16.8 Å². The molecule has 2 nitrogen and oxygen atoms in total. The van der Waals surface area contributed by atoms with Gasteiger partial charge < -0.3 is 5.32 Å². The standard InChI is InChI=1S/C19H17NOS/c1-14(20-19(21)12-11-16-8-5-13-22-16)17-10-4-7-15-6-2-3-9-18(15)17/h2-14H,1H3,(H,20,21)/b12-11+. The van der Waals surface area contributed by atoms with Gasteiger partial charge in [0.2, 0.25) is 5.91 Å². The van der Waals surface area contributed by atoms with E-state index in [0.29, 0.717) is 0 Å². The molecule has 0 aliphatic heterocycles. The number of amides is 1. The van der Waals surface area contributed by atoms with Crippen molar-refractivity contribution in [2.75, 3.05) is 0 Å². The van der Waals surface area contributed by atoms with Gasteiger partial charge in [-0.15, -0.1) is 11.3 Å². The number of hydrogen-bond donors (Lipinski definition) is 1. The molecule has 1 atom stereocenters. The van der Waals surface area contributed by atoms with Crippen LogP contribution in [0.5, 0.6) is 0 Å². The first-order valence-electron chi connectivity index (χ1n) is 7.24. The number of hydrogen-bond acceptors (Lipinski definition) is 2. The van der Waals surface area contributed by atoms with Crippen LogP contribution in [0.4, 0.5) is 0 Å². The summed E-state index contributed by atoms with van der Waals surface area (Å²) in [5.74, 6) is -0.0752. The van der Waals surface area contributed by atoms with Crippen molar-refractivity contribution in [1.82, 2.24) is 5.32 Å². The van der Waals surface area contributed by atoms with Crippen molar-refractivity contribution < 1.29 is 4.79 Å². The second-order valence-electron chi connectivity index (χ2n) is 5.15. The Kier molecular flexibility index (Phi) is 4.35. The van der Waals surface area contributed by atoms with Crippen LogP contribution in [-0.2, 0) is 4.79 Å². The van der Waals surface area contributed by atoms with Gasteiger partial charge in [-0.25, -0.2) is 0 Å². The monoisotopic (exact) mass is 307 g/mol. The maximum Gasteiger partial charge on any atom is 0.244 e. The molecular weight excluding hydrogens is 290 g/mol. The maximum absolute atomic E-state index is 12.1. The summed E-state index contributed by atoms with van der Waals surface area (Å²) in [7, 11) is 0. The number of carbonyl (C=O) groups excluding carboxylic acids is 1. The smallest absolute Gasteiger partial charge is 0.244 e. The molecule has 0 fully saturated rings. The van der Waals surface area contributed by atoms with Crippen molar-refractivity contribution in [1.29, 1.82) is 0 Å². The van der Waals surface area contributed by atoms with Gasteiger partial charge in [0.15, 0.2) is 0 Å². The molecule has 1 unspecified atom stereocenters. The molecule has 22 heavy (non-hydrogen) atoms. The fourth-order valence-corrected chi connectivity index (χ4v) is 3.13. The van der Waals surface area contributed by atoms with Crippen LogP contribution in [0.3, 0.4) is 0 Å². The summed E-state index contributed by atoms with van der Waals surface area (Å²) in [4.78, 5) is 13.1. The van der Waals surface area contributed by atoms with Crippen molar-refractivity contribution in [2.24, 2.45) is 0 Å². The summed E-state index contributed by atoms with van der Waals surface area (Å²) in [6, 6.07) is 18.3. The minimum absolute atomic E-state index is 0.0356. The van der Waals surface area contributed by atoms with E-state index in [9.17, 15) is 4.79 Å². The third kappa shape index (κ3) is 3.26. The molecule has 0 saturated carbocycles. The maximum atomic E-state index is 12.1. The van der Waals surface area contributed by atoms with Crippen LogP contribution < -0.4 is 5.32 Å². The first kappa shape index (κ1) is 14.5.